The van der Waals surface area contributed by atoms with Crippen molar-refractivity contribution in [2.24, 2.45) is 17.8 Å². The normalized spacial score (nSPS) is 25.9. The molecule has 3 rings (SSSR count). The molecule has 1 saturated carbocycles. The fourth-order valence-corrected chi connectivity index (χ4v) is 8.00. The Morgan fingerprint density at radius 1 is 1.04 bits per heavy atom. The van der Waals surface area contributed by atoms with Crippen LogP contribution < -0.4 is 4.74 Å². The molecule has 0 aromatic heterocycles. The summed E-state index contributed by atoms with van der Waals surface area (Å²) in [6, 6.07) is 10.8. The second-order valence-electron chi connectivity index (χ2n) is 8.34. The minimum Gasteiger partial charge on any atom is -0.493 e. The summed E-state index contributed by atoms with van der Waals surface area (Å²) in [6.07, 6.45) is 10.1. The van der Waals surface area contributed by atoms with Gasteiger partial charge in [0.05, 0.1) is 6.61 Å². The van der Waals surface area contributed by atoms with Gasteiger partial charge >= 0.3 is 0 Å². The average Bonchev–Trinajstić information content (AvgIpc) is 2.64. The molecule has 1 aromatic carbocycles. The van der Waals surface area contributed by atoms with Crippen molar-refractivity contribution in [3.05, 3.63) is 28.8 Å². The quantitative estimate of drug-likeness (QED) is 0.478. The lowest BCUT2D eigenvalue weighted by atomic mass is 9.74. The van der Waals surface area contributed by atoms with Crippen molar-refractivity contribution in [1.82, 2.24) is 0 Å². The van der Waals surface area contributed by atoms with E-state index in [1.807, 2.05) is 19.1 Å². The molecule has 1 aromatic rings. The average molecular weight is 378 g/mol. The highest BCUT2D eigenvalue weighted by Gasteiger charge is 2.31. The van der Waals surface area contributed by atoms with E-state index in [9.17, 15) is 0 Å². The molecule has 1 heterocycles. The van der Waals surface area contributed by atoms with E-state index in [-0.39, 0.29) is 8.80 Å². The smallest absolute Gasteiger partial charge is 0.119 e. The molecule has 2 aliphatic rings. The fraction of sp³-hybridized carbons (Fsp3) is 0.727. The number of hydrogen-bond acceptors (Lipinski definition) is 1. The SMILES string of the molecule is CCC[Si]1CCC(C2CCC(COc3ccc(Cl)c(C)c3)CC2)CC1. The fourth-order valence-electron chi connectivity index (χ4n) is 4.87. The Bertz CT molecular complexity index is 531. The van der Waals surface area contributed by atoms with Gasteiger partial charge in [0.25, 0.3) is 0 Å². The van der Waals surface area contributed by atoms with Crippen LogP contribution in [0.2, 0.25) is 23.2 Å². The van der Waals surface area contributed by atoms with Crippen LogP contribution in [-0.4, -0.2) is 15.4 Å². The van der Waals surface area contributed by atoms with Crippen LogP contribution in [0.5, 0.6) is 5.75 Å². The molecule has 0 spiro atoms. The van der Waals surface area contributed by atoms with Crippen molar-refractivity contribution in [2.75, 3.05) is 6.61 Å². The van der Waals surface area contributed by atoms with Crippen LogP contribution in [0.25, 0.3) is 0 Å². The molecule has 0 atom stereocenters. The summed E-state index contributed by atoms with van der Waals surface area (Å²) < 4.78 is 6.05. The van der Waals surface area contributed by atoms with Crippen LogP contribution in [0.4, 0.5) is 0 Å². The van der Waals surface area contributed by atoms with E-state index < -0.39 is 0 Å². The van der Waals surface area contributed by atoms with Gasteiger partial charge in [0.15, 0.2) is 0 Å². The van der Waals surface area contributed by atoms with Gasteiger partial charge in [0.1, 0.15) is 5.75 Å². The van der Waals surface area contributed by atoms with E-state index in [4.69, 9.17) is 16.3 Å². The van der Waals surface area contributed by atoms with Crippen LogP contribution in [0.15, 0.2) is 18.2 Å². The van der Waals surface area contributed by atoms with Gasteiger partial charge in [-0.25, -0.2) is 0 Å². The minimum atomic E-state index is 0.0454. The number of ether oxygens (including phenoxy) is 1. The first-order chi connectivity index (χ1) is 12.2. The Morgan fingerprint density at radius 2 is 1.72 bits per heavy atom. The molecule has 1 radical (unpaired) electrons. The first kappa shape index (κ1) is 19.3. The summed E-state index contributed by atoms with van der Waals surface area (Å²) in [6.45, 7) is 5.28. The summed E-state index contributed by atoms with van der Waals surface area (Å²) in [5.41, 5.74) is 1.10. The molecule has 1 nitrogen and oxygen atoms in total. The first-order valence-electron chi connectivity index (χ1n) is 10.4. The van der Waals surface area contributed by atoms with Crippen molar-refractivity contribution in [3.63, 3.8) is 0 Å². The molecule has 1 aliphatic heterocycles. The lowest BCUT2D eigenvalue weighted by Crippen LogP contribution is -2.29. The van der Waals surface area contributed by atoms with E-state index in [1.165, 1.54) is 32.1 Å². The highest BCUT2D eigenvalue weighted by molar-refractivity contribution is 6.58. The zero-order chi connectivity index (χ0) is 17.6. The lowest BCUT2D eigenvalue weighted by Gasteiger charge is -2.37. The molecular formula is C22H34ClOSi. The zero-order valence-electron chi connectivity index (χ0n) is 16.0. The Kier molecular flexibility index (Phi) is 7.30. The Balaban J connectivity index is 1.38. The summed E-state index contributed by atoms with van der Waals surface area (Å²) >= 11 is 6.09. The van der Waals surface area contributed by atoms with Crippen molar-refractivity contribution < 1.29 is 4.74 Å². The number of benzene rings is 1. The number of hydrogen-bond donors (Lipinski definition) is 0. The molecule has 3 heteroatoms. The third kappa shape index (κ3) is 5.50. The van der Waals surface area contributed by atoms with E-state index in [1.54, 1.807) is 31.0 Å². The highest BCUT2D eigenvalue weighted by atomic mass is 35.5. The molecule has 139 valence electrons. The lowest BCUT2D eigenvalue weighted by molar-refractivity contribution is 0.148. The van der Waals surface area contributed by atoms with Crippen molar-refractivity contribution in [2.45, 2.75) is 76.9 Å². The summed E-state index contributed by atoms with van der Waals surface area (Å²) in [5.74, 6) is 3.78. The maximum Gasteiger partial charge on any atom is 0.119 e. The Hall–Kier alpha value is -0.473. The van der Waals surface area contributed by atoms with Gasteiger partial charge in [-0.05, 0) is 74.1 Å². The molecular weight excluding hydrogens is 344 g/mol. The van der Waals surface area contributed by atoms with Crippen LogP contribution in [0, 0.1) is 24.7 Å². The van der Waals surface area contributed by atoms with Crippen LogP contribution in [-0.2, 0) is 0 Å². The molecule has 0 bridgehead atoms. The van der Waals surface area contributed by atoms with Gasteiger partial charge in [0.2, 0.25) is 0 Å². The van der Waals surface area contributed by atoms with Gasteiger partial charge in [-0.1, -0.05) is 55.9 Å². The van der Waals surface area contributed by atoms with Crippen molar-refractivity contribution >= 4 is 20.4 Å². The van der Waals surface area contributed by atoms with Gasteiger partial charge in [-0.3, -0.25) is 0 Å². The van der Waals surface area contributed by atoms with Gasteiger partial charge < -0.3 is 4.74 Å². The second kappa shape index (κ2) is 9.46. The summed E-state index contributed by atoms with van der Waals surface area (Å²) in [4.78, 5) is 0. The molecule has 1 aliphatic carbocycles. The Labute approximate surface area is 161 Å². The van der Waals surface area contributed by atoms with Gasteiger partial charge in [-0.2, -0.15) is 0 Å². The third-order valence-corrected chi connectivity index (χ3v) is 10.1. The van der Waals surface area contributed by atoms with E-state index >= 15 is 0 Å². The summed E-state index contributed by atoms with van der Waals surface area (Å²) in [7, 11) is 0.0454. The molecule has 2 fully saturated rings. The topological polar surface area (TPSA) is 9.23 Å². The minimum absolute atomic E-state index is 0.0454. The second-order valence-corrected chi connectivity index (χ2v) is 11.7. The molecule has 1 saturated heterocycles. The molecule has 25 heavy (non-hydrogen) atoms. The van der Waals surface area contributed by atoms with Crippen molar-refractivity contribution in [3.8, 4) is 5.75 Å². The largest absolute Gasteiger partial charge is 0.493 e. The molecule has 0 amide bonds. The maximum atomic E-state index is 6.09. The summed E-state index contributed by atoms with van der Waals surface area (Å²) in [5, 5.41) is 0.823. The zero-order valence-corrected chi connectivity index (χ0v) is 17.8. The molecule has 0 N–H and O–H groups in total. The van der Waals surface area contributed by atoms with E-state index in [0.29, 0.717) is 0 Å². The van der Waals surface area contributed by atoms with Gasteiger partial charge in [-0.15, -0.1) is 0 Å². The monoisotopic (exact) mass is 377 g/mol. The maximum absolute atomic E-state index is 6.09. The predicted molar refractivity (Wildman–Crippen MR) is 110 cm³/mol. The van der Waals surface area contributed by atoms with E-state index in [0.717, 1.165) is 40.7 Å². The van der Waals surface area contributed by atoms with Crippen molar-refractivity contribution in [1.29, 1.82) is 0 Å². The van der Waals surface area contributed by atoms with Crippen LogP contribution in [0.3, 0.4) is 0 Å². The Morgan fingerprint density at radius 3 is 2.36 bits per heavy atom. The van der Waals surface area contributed by atoms with Crippen LogP contribution in [0.1, 0.15) is 57.4 Å². The number of aryl methyl sites for hydroxylation is 1. The highest BCUT2D eigenvalue weighted by Crippen LogP contribution is 2.41. The number of halogens is 1. The predicted octanol–water partition coefficient (Wildman–Crippen LogP) is 7.15. The van der Waals surface area contributed by atoms with Gasteiger partial charge in [0, 0.05) is 13.8 Å². The number of rotatable bonds is 6. The molecule has 0 unspecified atom stereocenters. The van der Waals surface area contributed by atoms with E-state index in [2.05, 4.69) is 13.0 Å². The first-order valence-corrected chi connectivity index (χ1v) is 12.9. The standard InChI is InChI=1S/C22H34ClOSi/c1-3-12-25-13-10-20(11-14-25)19-6-4-18(5-7-19)16-24-21-8-9-22(23)17(2)15-21/h8-9,15,18-20H,3-7,10-14,16H2,1-2H3. The van der Waals surface area contributed by atoms with Crippen LogP contribution >= 0.6 is 11.6 Å². The third-order valence-electron chi connectivity index (χ3n) is 6.51.